The van der Waals surface area contributed by atoms with Gasteiger partial charge in [-0.1, -0.05) is 25.1 Å². The summed E-state index contributed by atoms with van der Waals surface area (Å²) in [7, 11) is 0. The number of rotatable bonds is 2. The summed E-state index contributed by atoms with van der Waals surface area (Å²) in [4.78, 5) is 32.4. The molecule has 2 atom stereocenters. The van der Waals surface area contributed by atoms with E-state index in [9.17, 15) is 9.59 Å². The van der Waals surface area contributed by atoms with Crippen molar-refractivity contribution in [2.24, 2.45) is 0 Å². The Labute approximate surface area is 135 Å². The van der Waals surface area contributed by atoms with Crippen LogP contribution in [0.1, 0.15) is 31.5 Å². The molecule has 1 N–H and O–H groups in total. The largest absolute Gasteiger partial charge is 0.357 e. The van der Waals surface area contributed by atoms with Gasteiger partial charge in [-0.2, -0.15) is 0 Å². The Morgan fingerprint density at radius 3 is 2.83 bits per heavy atom. The molecule has 1 aromatic heterocycles. The molecular weight excluding hydrogens is 290 g/mol. The van der Waals surface area contributed by atoms with Crippen molar-refractivity contribution >= 4 is 22.7 Å². The van der Waals surface area contributed by atoms with Crippen molar-refractivity contribution in [2.75, 3.05) is 6.54 Å². The highest BCUT2D eigenvalue weighted by molar-refractivity contribution is 5.97. The van der Waals surface area contributed by atoms with E-state index in [1.54, 1.807) is 9.80 Å². The first-order valence-corrected chi connectivity index (χ1v) is 8.28. The molecule has 120 valence electrons. The van der Waals surface area contributed by atoms with Gasteiger partial charge in [-0.3, -0.25) is 9.59 Å². The summed E-state index contributed by atoms with van der Waals surface area (Å²) in [6.45, 7) is 4.78. The highest BCUT2D eigenvalue weighted by Gasteiger charge is 2.43. The van der Waals surface area contributed by atoms with E-state index in [1.165, 1.54) is 10.9 Å². The van der Waals surface area contributed by atoms with Crippen LogP contribution in [0.5, 0.6) is 0 Å². The van der Waals surface area contributed by atoms with E-state index in [4.69, 9.17) is 0 Å². The molecule has 0 bridgehead atoms. The Bertz CT molecular complexity index is 795. The number of H-pyrrole nitrogens is 1. The van der Waals surface area contributed by atoms with Crippen LogP contribution in [0.25, 0.3) is 10.9 Å². The summed E-state index contributed by atoms with van der Waals surface area (Å²) < 4.78 is 0. The highest BCUT2D eigenvalue weighted by Crippen LogP contribution is 2.32. The molecule has 1 aromatic carbocycles. The van der Waals surface area contributed by atoms with Gasteiger partial charge in [0.1, 0.15) is 12.6 Å². The molecule has 5 heteroatoms. The van der Waals surface area contributed by atoms with Gasteiger partial charge < -0.3 is 14.8 Å². The maximum absolute atomic E-state index is 12.9. The second-order valence-corrected chi connectivity index (χ2v) is 6.59. The maximum Gasteiger partial charge on any atom is 0.246 e. The molecule has 0 saturated carbocycles. The molecule has 0 radical (unpaired) electrons. The summed E-state index contributed by atoms with van der Waals surface area (Å²) in [6, 6.07) is 7.90. The number of aromatic amines is 1. The van der Waals surface area contributed by atoms with E-state index < -0.39 is 0 Å². The highest BCUT2D eigenvalue weighted by atomic mass is 16.2. The number of nitrogens with one attached hydrogen (secondary N) is 1. The maximum atomic E-state index is 12.9. The molecule has 23 heavy (non-hydrogen) atoms. The van der Waals surface area contributed by atoms with Crippen molar-refractivity contribution in [3.05, 3.63) is 35.5 Å². The fourth-order valence-electron chi connectivity index (χ4n) is 3.79. The van der Waals surface area contributed by atoms with E-state index in [-0.39, 0.29) is 30.4 Å². The molecule has 4 rings (SSSR count). The lowest BCUT2D eigenvalue weighted by Crippen LogP contribution is -2.63. The number of carbonyl (C=O) groups is 2. The van der Waals surface area contributed by atoms with Gasteiger partial charge in [-0.05, 0) is 25.0 Å². The summed E-state index contributed by atoms with van der Waals surface area (Å²) in [5.74, 6) is 0.147. The molecular formula is C18H21N3O2. The lowest BCUT2D eigenvalue weighted by molar-refractivity contribution is -0.159. The number of hydrogen-bond donors (Lipinski definition) is 1. The summed E-state index contributed by atoms with van der Waals surface area (Å²) >= 11 is 0. The Hall–Kier alpha value is -2.30. The normalized spacial score (nSPS) is 22.3. The van der Waals surface area contributed by atoms with Crippen molar-refractivity contribution in [1.82, 2.24) is 14.8 Å². The number of benzene rings is 1. The van der Waals surface area contributed by atoms with E-state index in [1.807, 2.05) is 32.0 Å². The van der Waals surface area contributed by atoms with Gasteiger partial charge in [-0.15, -0.1) is 0 Å². The number of piperazine rings is 1. The standard InChI is InChI=1S/C18H21N3O2/c1-3-11(2)20-10-17(22)21-9-15-13(8-16(21)18(20)23)12-6-4-5-7-14(12)19-15/h4-7,11,16,19H,3,8-10H2,1-2H3/t11-,16+/m1/s1. The zero-order valence-corrected chi connectivity index (χ0v) is 13.5. The van der Waals surface area contributed by atoms with E-state index >= 15 is 0 Å². The van der Waals surface area contributed by atoms with Gasteiger partial charge in [0.25, 0.3) is 0 Å². The topological polar surface area (TPSA) is 56.4 Å². The predicted molar refractivity (Wildman–Crippen MR) is 87.8 cm³/mol. The quantitative estimate of drug-likeness (QED) is 0.923. The summed E-state index contributed by atoms with van der Waals surface area (Å²) in [6.07, 6.45) is 1.47. The van der Waals surface area contributed by atoms with E-state index in [0.29, 0.717) is 13.0 Å². The Morgan fingerprint density at radius 1 is 1.26 bits per heavy atom. The second-order valence-electron chi connectivity index (χ2n) is 6.59. The monoisotopic (exact) mass is 311 g/mol. The van der Waals surface area contributed by atoms with Crippen LogP contribution in [0.15, 0.2) is 24.3 Å². The zero-order chi connectivity index (χ0) is 16.1. The Morgan fingerprint density at radius 2 is 2.04 bits per heavy atom. The van der Waals surface area contributed by atoms with Gasteiger partial charge in [0.15, 0.2) is 0 Å². The Kier molecular flexibility index (Phi) is 3.18. The summed E-state index contributed by atoms with van der Waals surface area (Å²) in [5, 5.41) is 1.17. The van der Waals surface area contributed by atoms with Crippen LogP contribution in [0, 0.1) is 0 Å². The van der Waals surface area contributed by atoms with Gasteiger partial charge in [0.2, 0.25) is 11.8 Å². The number of para-hydroxylation sites is 1. The third-order valence-electron chi connectivity index (χ3n) is 5.32. The van der Waals surface area contributed by atoms with Crippen LogP contribution in [-0.4, -0.2) is 45.2 Å². The van der Waals surface area contributed by atoms with Crippen molar-refractivity contribution in [3.63, 3.8) is 0 Å². The predicted octanol–water partition coefficient (Wildman–Crippen LogP) is 2.06. The smallest absolute Gasteiger partial charge is 0.246 e. The first kappa shape index (κ1) is 14.3. The number of hydrogen-bond acceptors (Lipinski definition) is 2. The number of nitrogens with zero attached hydrogens (tertiary/aromatic N) is 2. The van der Waals surface area contributed by atoms with Crippen LogP contribution in [0.3, 0.4) is 0 Å². The molecule has 3 heterocycles. The second kappa shape index (κ2) is 5.11. The minimum atomic E-state index is -0.350. The third-order valence-corrected chi connectivity index (χ3v) is 5.32. The average molecular weight is 311 g/mol. The van der Waals surface area contributed by atoms with Gasteiger partial charge >= 0.3 is 0 Å². The van der Waals surface area contributed by atoms with Crippen molar-refractivity contribution < 1.29 is 9.59 Å². The number of fused-ring (bicyclic) bond motifs is 4. The number of aromatic nitrogens is 1. The Balaban J connectivity index is 1.74. The van der Waals surface area contributed by atoms with Crippen molar-refractivity contribution in [3.8, 4) is 0 Å². The average Bonchev–Trinajstić information content (AvgIpc) is 2.93. The number of amides is 2. The molecule has 1 saturated heterocycles. The van der Waals surface area contributed by atoms with Crippen LogP contribution in [0.2, 0.25) is 0 Å². The molecule has 0 aliphatic carbocycles. The minimum absolute atomic E-state index is 0.0548. The molecule has 0 unspecified atom stereocenters. The van der Waals surface area contributed by atoms with E-state index in [2.05, 4.69) is 11.1 Å². The fraction of sp³-hybridized carbons (Fsp3) is 0.444. The molecule has 0 spiro atoms. The lowest BCUT2D eigenvalue weighted by atomic mass is 9.93. The zero-order valence-electron chi connectivity index (χ0n) is 13.5. The SMILES string of the molecule is CC[C@@H](C)N1CC(=O)N2Cc3[nH]c4ccccc4c3C[C@H]2C1=O. The molecule has 2 aliphatic rings. The van der Waals surface area contributed by atoms with Crippen molar-refractivity contribution in [2.45, 2.75) is 45.3 Å². The van der Waals surface area contributed by atoms with Gasteiger partial charge in [0.05, 0.1) is 6.54 Å². The fourth-order valence-corrected chi connectivity index (χ4v) is 3.79. The van der Waals surface area contributed by atoms with Crippen LogP contribution in [-0.2, 0) is 22.6 Å². The first-order valence-electron chi connectivity index (χ1n) is 8.28. The van der Waals surface area contributed by atoms with Gasteiger partial charge in [0, 0.05) is 29.1 Å². The molecule has 5 nitrogen and oxygen atoms in total. The van der Waals surface area contributed by atoms with E-state index in [0.717, 1.165) is 17.6 Å². The van der Waals surface area contributed by atoms with Gasteiger partial charge in [-0.25, -0.2) is 0 Å². The molecule has 2 amide bonds. The molecule has 2 aliphatic heterocycles. The van der Waals surface area contributed by atoms with Crippen molar-refractivity contribution in [1.29, 1.82) is 0 Å². The first-order chi connectivity index (χ1) is 11.1. The molecule has 2 aromatic rings. The van der Waals surface area contributed by atoms with Crippen LogP contribution in [0.4, 0.5) is 0 Å². The van der Waals surface area contributed by atoms with Crippen LogP contribution < -0.4 is 0 Å². The molecule has 1 fully saturated rings. The van der Waals surface area contributed by atoms with Crippen LogP contribution >= 0.6 is 0 Å². The number of carbonyl (C=O) groups excluding carboxylic acids is 2. The third kappa shape index (κ3) is 2.06. The lowest BCUT2D eigenvalue weighted by Gasteiger charge is -2.44. The minimum Gasteiger partial charge on any atom is -0.357 e. The summed E-state index contributed by atoms with van der Waals surface area (Å²) in [5.41, 5.74) is 3.34.